The Balaban J connectivity index is 2.42. The number of hydrogen-bond donors (Lipinski definition) is 2. The molecule has 2 amide bonds. The van der Waals surface area contributed by atoms with E-state index in [1.54, 1.807) is 41.7 Å². The van der Waals surface area contributed by atoms with E-state index in [0.29, 0.717) is 18.7 Å². The first-order valence-corrected chi connectivity index (χ1v) is 10.7. The number of amides is 2. The second-order valence-corrected chi connectivity index (χ2v) is 8.66. The molecule has 0 radical (unpaired) electrons. The van der Waals surface area contributed by atoms with Crippen molar-refractivity contribution in [2.75, 3.05) is 47.4 Å². The molecular formula is C23H34N4O5. The Morgan fingerprint density at radius 3 is 2.66 bits per heavy atom. The van der Waals surface area contributed by atoms with Crippen molar-refractivity contribution in [3.05, 3.63) is 23.4 Å². The van der Waals surface area contributed by atoms with Gasteiger partial charge >= 0.3 is 0 Å². The number of hydrogen-bond acceptors (Lipinski definition) is 7. The van der Waals surface area contributed by atoms with E-state index in [4.69, 9.17) is 4.74 Å². The molecule has 0 bridgehead atoms. The van der Waals surface area contributed by atoms with Crippen molar-refractivity contribution < 1.29 is 24.5 Å². The van der Waals surface area contributed by atoms with Crippen LogP contribution >= 0.6 is 0 Å². The summed E-state index contributed by atoms with van der Waals surface area (Å²) < 4.78 is 6.16. The summed E-state index contributed by atoms with van der Waals surface area (Å²) in [6.07, 6.45) is 0.273. The summed E-state index contributed by atoms with van der Waals surface area (Å²) in [5, 5.41) is 19.1. The third-order valence-electron chi connectivity index (χ3n) is 5.28. The van der Waals surface area contributed by atoms with Gasteiger partial charge in [0.05, 0.1) is 25.7 Å². The van der Waals surface area contributed by atoms with Crippen molar-refractivity contribution in [1.82, 2.24) is 19.7 Å². The normalized spacial score (nSPS) is 20.3. The van der Waals surface area contributed by atoms with Crippen molar-refractivity contribution in [3.8, 4) is 17.7 Å². The summed E-state index contributed by atoms with van der Waals surface area (Å²) in [5.74, 6) is 5.13. The van der Waals surface area contributed by atoms with Gasteiger partial charge in [-0.3, -0.25) is 9.59 Å². The molecule has 2 heterocycles. The molecule has 0 saturated heterocycles. The fraction of sp³-hybridized carbons (Fsp3) is 0.609. The highest BCUT2D eigenvalue weighted by Gasteiger charge is 2.34. The minimum atomic E-state index is -0.810. The van der Waals surface area contributed by atoms with E-state index < -0.39 is 18.2 Å². The monoisotopic (exact) mass is 446 g/mol. The summed E-state index contributed by atoms with van der Waals surface area (Å²) in [4.78, 5) is 35.1. The van der Waals surface area contributed by atoms with Gasteiger partial charge in [-0.1, -0.05) is 18.8 Å². The van der Waals surface area contributed by atoms with Gasteiger partial charge in [0.15, 0.2) is 0 Å². The second-order valence-electron chi connectivity index (χ2n) is 8.66. The molecule has 32 heavy (non-hydrogen) atoms. The van der Waals surface area contributed by atoms with E-state index in [9.17, 15) is 19.8 Å². The van der Waals surface area contributed by atoms with Crippen LogP contribution in [0.1, 0.15) is 36.7 Å². The van der Waals surface area contributed by atoms with Gasteiger partial charge in [-0.05, 0) is 34.0 Å². The van der Waals surface area contributed by atoms with E-state index in [1.807, 2.05) is 21.0 Å². The average Bonchev–Trinajstić information content (AvgIpc) is 2.73. The number of fused-ring (bicyclic) bond motifs is 1. The van der Waals surface area contributed by atoms with Crippen LogP contribution in [0.3, 0.4) is 0 Å². The molecule has 176 valence electrons. The first-order chi connectivity index (χ1) is 15.0. The number of nitrogens with zero attached hydrogens (tertiary/aromatic N) is 4. The SMILES string of the molecule is C[C@@H]1CN([C@@H](C)CO)C(=O)c2cc(C#C[C@@H](C)O)cnc2O[C@H]1CN(C)C(=O)CN(C)C. The van der Waals surface area contributed by atoms with Crippen LogP contribution in [0.15, 0.2) is 12.3 Å². The molecule has 1 aromatic heterocycles. The largest absolute Gasteiger partial charge is 0.472 e. The molecule has 1 aliphatic heterocycles. The molecule has 0 fully saturated rings. The Morgan fingerprint density at radius 1 is 1.38 bits per heavy atom. The summed E-state index contributed by atoms with van der Waals surface area (Å²) in [7, 11) is 5.39. The highest BCUT2D eigenvalue weighted by atomic mass is 16.5. The third kappa shape index (κ3) is 6.66. The Bertz CT molecular complexity index is 877. The molecule has 9 heteroatoms. The van der Waals surface area contributed by atoms with Crippen LogP contribution in [0.2, 0.25) is 0 Å². The van der Waals surface area contributed by atoms with Crippen molar-refractivity contribution in [3.63, 3.8) is 0 Å². The molecular weight excluding hydrogens is 412 g/mol. The van der Waals surface area contributed by atoms with E-state index in [2.05, 4.69) is 16.8 Å². The summed E-state index contributed by atoms with van der Waals surface area (Å²) in [5.41, 5.74) is 0.712. The van der Waals surface area contributed by atoms with E-state index in [0.717, 1.165) is 0 Å². The minimum Gasteiger partial charge on any atom is -0.472 e. The van der Waals surface area contributed by atoms with Gasteiger partial charge in [0.25, 0.3) is 5.91 Å². The van der Waals surface area contributed by atoms with Crippen molar-refractivity contribution in [2.45, 2.75) is 39.0 Å². The molecule has 2 N–H and O–H groups in total. The topological polar surface area (TPSA) is 106 Å². The Hall–Kier alpha value is -2.67. The number of carbonyl (C=O) groups excluding carboxylic acids is 2. The van der Waals surface area contributed by atoms with Gasteiger partial charge in [-0.25, -0.2) is 4.98 Å². The summed E-state index contributed by atoms with van der Waals surface area (Å²) >= 11 is 0. The summed E-state index contributed by atoms with van der Waals surface area (Å²) in [6, 6.07) is 1.18. The maximum absolute atomic E-state index is 13.3. The molecule has 0 aliphatic carbocycles. The number of aromatic nitrogens is 1. The highest BCUT2D eigenvalue weighted by molar-refractivity contribution is 5.97. The number of aliphatic hydroxyl groups excluding tert-OH is 2. The number of ether oxygens (including phenoxy) is 1. The molecule has 1 aromatic rings. The fourth-order valence-corrected chi connectivity index (χ4v) is 3.34. The lowest BCUT2D eigenvalue weighted by molar-refractivity contribution is -0.132. The van der Waals surface area contributed by atoms with Crippen LogP contribution in [0.25, 0.3) is 0 Å². The molecule has 4 atom stereocenters. The lowest BCUT2D eigenvalue weighted by atomic mass is 10.00. The third-order valence-corrected chi connectivity index (χ3v) is 5.28. The zero-order valence-corrected chi connectivity index (χ0v) is 19.7. The summed E-state index contributed by atoms with van der Waals surface area (Å²) in [6.45, 7) is 6.05. The number of pyridine rings is 1. The predicted molar refractivity (Wildman–Crippen MR) is 120 cm³/mol. The van der Waals surface area contributed by atoms with Crippen molar-refractivity contribution in [1.29, 1.82) is 0 Å². The Morgan fingerprint density at radius 2 is 2.06 bits per heavy atom. The van der Waals surface area contributed by atoms with Crippen LogP contribution in [-0.4, -0.2) is 107 Å². The quantitative estimate of drug-likeness (QED) is 0.595. The Kier molecular flexibility index (Phi) is 9.01. The molecule has 0 unspecified atom stereocenters. The van der Waals surface area contributed by atoms with E-state index in [1.165, 1.54) is 6.20 Å². The van der Waals surface area contributed by atoms with E-state index >= 15 is 0 Å². The molecule has 2 rings (SSSR count). The maximum atomic E-state index is 13.3. The first kappa shape index (κ1) is 25.6. The first-order valence-electron chi connectivity index (χ1n) is 10.7. The molecule has 0 saturated carbocycles. The van der Waals surface area contributed by atoms with Crippen LogP contribution in [0, 0.1) is 17.8 Å². The van der Waals surface area contributed by atoms with Crippen LogP contribution < -0.4 is 4.74 Å². The van der Waals surface area contributed by atoms with Crippen LogP contribution in [0.4, 0.5) is 0 Å². The maximum Gasteiger partial charge on any atom is 0.259 e. The smallest absolute Gasteiger partial charge is 0.259 e. The second kappa shape index (κ2) is 11.3. The van der Waals surface area contributed by atoms with Gasteiger partial charge in [0, 0.05) is 31.3 Å². The number of rotatable bonds is 6. The van der Waals surface area contributed by atoms with Crippen molar-refractivity contribution >= 4 is 11.8 Å². The standard InChI is InChI=1S/C23H34N4O5/c1-15-11-27(16(2)14-28)23(31)19-9-18(8-7-17(3)29)10-24-22(19)32-20(15)12-26(6)21(30)13-25(4)5/h9-10,15-17,20,28-29H,11-14H2,1-6H3/t15-,16+,17-,20+/m1/s1. The molecule has 0 aromatic carbocycles. The van der Waals surface area contributed by atoms with Gasteiger partial charge in [-0.2, -0.15) is 0 Å². The highest BCUT2D eigenvalue weighted by Crippen LogP contribution is 2.27. The molecule has 1 aliphatic rings. The van der Waals surface area contributed by atoms with E-state index in [-0.39, 0.29) is 42.3 Å². The van der Waals surface area contributed by atoms with Gasteiger partial charge in [0.1, 0.15) is 17.8 Å². The molecule has 0 spiro atoms. The minimum absolute atomic E-state index is 0.0403. The zero-order chi connectivity index (χ0) is 24.0. The number of aliphatic hydroxyl groups is 2. The van der Waals surface area contributed by atoms with Gasteiger partial charge in [-0.15, -0.1) is 0 Å². The number of likely N-dealkylation sites (N-methyl/N-ethyl adjacent to an activating group) is 2. The lowest BCUT2D eigenvalue weighted by Gasteiger charge is -2.37. The van der Waals surface area contributed by atoms with Crippen molar-refractivity contribution in [2.24, 2.45) is 5.92 Å². The lowest BCUT2D eigenvalue weighted by Crippen LogP contribution is -2.51. The van der Waals surface area contributed by atoms with Gasteiger partial charge < -0.3 is 29.6 Å². The van der Waals surface area contributed by atoms with Crippen LogP contribution in [-0.2, 0) is 4.79 Å². The fourth-order valence-electron chi connectivity index (χ4n) is 3.34. The molecule has 9 nitrogen and oxygen atoms in total. The average molecular weight is 447 g/mol. The predicted octanol–water partition coefficient (Wildman–Crippen LogP) is 0.0540. The van der Waals surface area contributed by atoms with Gasteiger partial charge in [0.2, 0.25) is 11.8 Å². The Labute approximate surface area is 190 Å². The number of carbonyl (C=O) groups is 2. The van der Waals surface area contributed by atoms with Crippen LogP contribution in [0.5, 0.6) is 5.88 Å². The zero-order valence-electron chi connectivity index (χ0n) is 19.7.